The molecule has 1 aromatic heterocycles. The third kappa shape index (κ3) is 2.22. The number of hydrogen-bond donors (Lipinski definition) is 2. The van der Waals surface area contributed by atoms with E-state index in [4.69, 9.17) is 0 Å². The Morgan fingerprint density at radius 2 is 1.95 bits per heavy atom. The molecule has 0 aliphatic heterocycles. The van der Waals surface area contributed by atoms with Gasteiger partial charge in [0, 0.05) is 5.92 Å². The van der Waals surface area contributed by atoms with Gasteiger partial charge in [0.15, 0.2) is 0 Å². The van der Waals surface area contributed by atoms with Crippen LogP contribution >= 0.6 is 0 Å². The zero-order valence-corrected chi connectivity index (χ0v) is 11.5. The molecule has 0 amide bonds. The Balaban J connectivity index is 2.10. The van der Waals surface area contributed by atoms with Gasteiger partial charge in [0.05, 0.1) is 0 Å². The summed E-state index contributed by atoms with van der Waals surface area (Å²) in [7, 11) is 0. The molecule has 0 bridgehead atoms. The molecule has 0 radical (unpaired) electrons. The molecule has 2 aromatic rings. The number of rotatable bonds is 2. The Kier molecular flexibility index (Phi) is 3.30. The lowest BCUT2D eigenvalue weighted by atomic mass is 10.0. The number of aromatic nitrogens is 2. The Morgan fingerprint density at radius 1 is 1.25 bits per heavy atom. The number of benzene rings is 1. The van der Waals surface area contributed by atoms with E-state index in [1.54, 1.807) is 0 Å². The van der Waals surface area contributed by atoms with Crippen molar-refractivity contribution < 1.29 is 5.11 Å². The highest BCUT2D eigenvalue weighted by Crippen LogP contribution is 2.33. The van der Waals surface area contributed by atoms with E-state index < -0.39 is 0 Å². The summed E-state index contributed by atoms with van der Waals surface area (Å²) in [6, 6.07) is 7.51. The summed E-state index contributed by atoms with van der Waals surface area (Å²) >= 11 is 0. The second kappa shape index (κ2) is 5.12. The highest BCUT2D eigenvalue weighted by molar-refractivity contribution is 5.70. The molecular formula is C16H18N2O2. The van der Waals surface area contributed by atoms with Crippen molar-refractivity contribution in [1.29, 1.82) is 0 Å². The van der Waals surface area contributed by atoms with Gasteiger partial charge in [-0.2, -0.15) is 4.98 Å². The predicted octanol–water partition coefficient (Wildman–Crippen LogP) is 3.11. The quantitative estimate of drug-likeness (QED) is 0.881. The smallest absolute Gasteiger partial charge is 0.262 e. The molecule has 1 aromatic carbocycles. The number of nitrogens with zero attached hydrogens (tertiary/aromatic N) is 1. The fourth-order valence-corrected chi connectivity index (χ4v) is 2.97. The predicted molar refractivity (Wildman–Crippen MR) is 77.9 cm³/mol. The molecule has 104 valence electrons. The molecule has 1 fully saturated rings. The Hall–Kier alpha value is -2.10. The van der Waals surface area contributed by atoms with E-state index in [0.717, 1.165) is 36.8 Å². The van der Waals surface area contributed by atoms with Crippen LogP contribution in [0.25, 0.3) is 11.1 Å². The maximum Gasteiger partial charge on any atom is 0.262 e. The molecule has 4 nitrogen and oxygen atoms in total. The number of nitrogens with one attached hydrogen (secondary N) is 1. The third-order valence-electron chi connectivity index (χ3n) is 4.07. The van der Waals surface area contributed by atoms with Crippen LogP contribution < -0.4 is 5.56 Å². The van der Waals surface area contributed by atoms with Crippen LogP contribution in [0.3, 0.4) is 0 Å². The van der Waals surface area contributed by atoms with E-state index in [1.807, 2.05) is 31.2 Å². The summed E-state index contributed by atoms with van der Waals surface area (Å²) in [4.78, 5) is 19.4. The fourth-order valence-electron chi connectivity index (χ4n) is 2.97. The zero-order valence-electron chi connectivity index (χ0n) is 11.5. The second-order valence-corrected chi connectivity index (χ2v) is 5.45. The average molecular weight is 270 g/mol. The zero-order chi connectivity index (χ0) is 14.1. The number of hydrogen-bond acceptors (Lipinski definition) is 3. The maximum absolute atomic E-state index is 12.3. The maximum atomic E-state index is 12.3. The molecule has 2 N–H and O–H groups in total. The second-order valence-electron chi connectivity index (χ2n) is 5.45. The molecule has 0 unspecified atom stereocenters. The number of aromatic hydroxyl groups is 1. The lowest BCUT2D eigenvalue weighted by molar-refractivity contribution is 0.446. The summed E-state index contributed by atoms with van der Waals surface area (Å²) in [5, 5.41) is 10.2. The van der Waals surface area contributed by atoms with Gasteiger partial charge in [-0.15, -0.1) is 0 Å². The summed E-state index contributed by atoms with van der Waals surface area (Å²) in [6.07, 6.45) is 4.39. The van der Waals surface area contributed by atoms with Crippen LogP contribution in [0, 0.1) is 6.92 Å². The van der Waals surface area contributed by atoms with Gasteiger partial charge in [0.1, 0.15) is 11.4 Å². The first-order valence-electron chi connectivity index (χ1n) is 7.06. The molecule has 1 saturated carbocycles. The van der Waals surface area contributed by atoms with Gasteiger partial charge in [-0.1, -0.05) is 37.1 Å². The average Bonchev–Trinajstić information content (AvgIpc) is 2.94. The minimum Gasteiger partial charge on any atom is -0.493 e. The number of aryl methyl sites for hydroxylation is 1. The van der Waals surface area contributed by atoms with Crippen LogP contribution in [0.1, 0.15) is 43.0 Å². The molecule has 1 aliphatic rings. The Bertz CT molecular complexity index is 685. The van der Waals surface area contributed by atoms with Crippen LogP contribution in [0.2, 0.25) is 0 Å². The van der Waals surface area contributed by atoms with Gasteiger partial charge >= 0.3 is 0 Å². The van der Waals surface area contributed by atoms with Crippen molar-refractivity contribution in [2.45, 2.75) is 38.5 Å². The van der Waals surface area contributed by atoms with Crippen molar-refractivity contribution in [1.82, 2.24) is 9.97 Å². The van der Waals surface area contributed by atoms with E-state index in [0.29, 0.717) is 5.82 Å². The van der Waals surface area contributed by atoms with E-state index in [1.165, 1.54) is 0 Å². The van der Waals surface area contributed by atoms with E-state index in [-0.39, 0.29) is 22.9 Å². The summed E-state index contributed by atoms with van der Waals surface area (Å²) in [6.45, 7) is 1.92. The fraction of sp³-hybridized carbons (Fsp3) is 0.375. The minimum absolute atomic E-state index is 0.162. The highest BCUT2D eigenvalue weighted by atomic mass is 16.3. The number of aromatic amines is 1. The van der Waals surface area contributed by atoms with Gasteiger partial charge in [0.25, 0.3) is 5.56 Å². The topological polar surface area (TPSA) is 66.0 Å². The normalized spacial score (nSPS) is 15.7. The third-order valence-corrected chi connectivity index (χ3v) is 4.07. The van der Waals surface area contributed by atoms with E-state index >= 15 is 0 Å². The molecule has 1 aliphatic carbocycles. The van der Waals surface area contributed by atoms with Crippen molar-refractivity contribution in [3.8, 4) is 17.0 Å². The Labute approximate surface area is 117 Å². The lowest BCUT2D eigenvalue weighted by Crippen LogP contribution is -2.16. The molecule has 0 spiro atoms. The van der Waals surface area contributed by atoms with Gasteiger partial charge in [-0.25, -0.2) is 0 Å². The van der Waals surface area contributed by atoms with Crippen LogP contribution in [0.4, 0.5) is 0 Å². The minimum atomic E-state index is -0.256. The van der Waals surface area contributed by atoms with Crippen molar-refractivity contribution in [2.24, 2.45) is 0 Å². The summed E-state index contributed by atoms with van der Waals surface area (Å²) < 4.78 is 0. The summed E-state index contributed by atoms with van der Waals surface area (Å²) in [5.74, 6) is 0.742. The molecule has 20 heavy (non-hydrogen) atoms. The molecule has 3 rings (SSSR count). The molecular weight excluding hydrogens is 252 g/mol. The van der Waals surface area contributed by atoms with Gasteiger partial charge in [-0.05, 0) is 30.9 Å². The first-order chi connectivity index (χ1) is 9.66. The van der Waals surface area contributed by atoms with Crippen molar-refractivity contribution in [3.05, 3.63) is 46.0 Å². The molecule has 1 heterocycles. The lowest BCUT2D eigenvalue weighted by Gasteiger charge is -2.11. The molecule has 0 atom stereocenters. The SMILES string of the molecule is Cc1ccccc1-c1c(O)nc(C2CCCC2)[nH]c1=O. The van der Waals surface area contributed by atoms with E-state index in [2.05, 4.69) is 9.97 Å². The standard InChI is InChI=1S/C16H18N2O2/c1-10-6-2-5-9-12(10)13-15(19)17-14(18-16(13)20)11-7-3-4-8-11/h2,5-6,9,11H,3-4,7-8H2,1H3,(H2,17,18,19,20). The largest absolute Gasteiger partial charge is 0.493 e. The van der Waals surface area contributed by atoms with Crippen LogP contribution in [-0.4, -0.2) is 15.1 Å². The van der Waals surface area contributed by atoms with Gasteiger partial charge < -0.3 is 10.1 Å². The summed E-state index contributed by atoms with van der Waals surface area (Å²) in [5.41, 5.74) is 1.69. The van der Waals surface area contributed by atoms with Crippen LogP contribution in [0.15, 0.2) is 29.1 Å². The Morgan fingerprint density at radius 3 is 2.60 bits per heavy atom. The first-order valence-corrected chi connectivity index (χ1v) is 7.06. The highest BCUT2D eigenvalue weighted by Gasteiger charge is 2.22. The van der Waals surface area contributed by atoms with Crippen LogP contribution in [0.5, 0.6) is 5.88 Å². The first kappa shape index (κ1) is 12.9. The van der Waals surface area contributed by atoms with Gasteiger partial charge in [0.2, 0.25) is 5.88 Å². The van der Waals surface area contributed by atoms with Crippen LogP contribution in [-0.2, 0) is 0 Å². The van der Waals surface area contributed by atoms with Crippen molar-refractivity contribution in [2.75, 3.05) is 0 Å². The van der Waals surface area contributed by atoms with Crippen molar-refractivity contribution >= 4 is 0 Å². The molecule has 0 saturated heterocycles. The molecule has 4 heteroatoms. The number of H-pyrrole nitrogens is 1. The van der Waals surface area contributed by atoms with E-state index in [9.17, 15) is 9.90 Å². The van der Waals surface area contributed by atoms with Gasteiger partial charge in [-0.3, -0.25) is 4.79 Å². The van der Waals surface area contributed by atoms with Crippen molar-refractivity contribution in [3.63, 3.8) is 0 Å². The monoisotopic (exact) mass is 270 g/mol.